The normalized spacial score (nSPS) is 28.0. The van der Waals surface area contributed by atoms with Crippen LogP contribution in [0.15, 0.2) is 6.20 Å². The molecule has 3 rings (SSSR count). The predicted octanol–water partition coefficient (Wildman–Crippen LogP) is -0.269. The zero-order valence-electron chi connectivity index (χ0n) is 9.79. The standard InChI is InChI=1S/C11H18N4O/c1-8-14-9(5-15(8)2)10-11(6-12-7-11)16-4-3-13-10/h5,10,12-13H,3-4,6-7H2,1-2H3. The average molecular weight is 222 g/mol. The maximum atomic E-state index is 5.94. The first kappa shape index (κ1) is 10.3. The van der Waals surface area contributed by atoms with Crippen molar-refractivity contribution >= 4 is 0 Å². The molecule has 1 spiro atoms. The SMILES string of the molecule is Cc1nc(C2NCCOC23CNC3)cn1C. The molecule has 0 aromatic carbocycles. The minimum Gasteiger partial charge on any atom is -0.369 e. The summed E-state index contributed by atoms with van der Waals surface area (Å²) in [5.41, 5.74) is 1.03. The molecule has 2 aliphatic heterocycles. The summed E-state index contributed by atoms with van der Waals surface area (Å²) >= 11 is 0. The molecule has 88 valence electrons. The Bertz CT molecular complexity index is 377. The number of ether oxygens (including phenoxy) is 1. The molecule has 2 N–H and O–H groups in total. The molecule has 1 unspecified atom stereocenters. The van der Waals surface area contributed by atoms with Crippen LogP contribution in [0.25, 0.3) is 0 Å². The monoisotopic (exact) mass is 222 g/mol. The van der Waals surface area contributed by atoms with E-state index in [4.69, 9.17) is 4.74 Å². The van der Waals surface area contributed by atoms with Gasteiger partial charge in [-0.3, -0.25) is 0 Å². The lowest BCUT2D eigenvalue weighted by Gasteiger charge is -2.50. The molecule has 0 radical (unpaired) electrons. The second-order valence-electron chi connectivity index (χ2n) is 4.73. The number of imidazole rings is 1. The summed E-state index contributed by atoms with van der Waals surface area (Å²) in [6, 6.07) is 0.224. The Morgan fingerprint density at radius 2 is 2.38 bits per heavy atom. The summed E-state index contributed by atoms with van der Waals surface area (Å²) in [6.07, 6.45) is 2.10. The van der Waals surface area contributed by atoms with Crippen molar-refractivity contribution in [2.75, 3.05) is 26.2 Å². The summed E-state index contributed by atoms with van der Waals surface area (Å²) in [5.74, 6) is 1.05. The van der Waals surface area contributed by atoms with E-state index in [1.54, 1.807) is 0 Å². The van der Waals surface area contributed by atoms with Gasteiger partial charge in [0, 0.05) is 32.9 Å². The minimum atomic E-state index is -0.0704. The van der Waals surface area contributed by atoms with Crippen molar-refractivity contribution in [1.82, 2.24) is 20.2 Å². The molecular formula is C11H18N4O. The molecule has 0 aliphatic carbocycles. The number of nitrogens with one attached hydrogen (secondary N) is 2. The topological polar surface area (TPSA) is 51.1 Å². The maximum Gasteiger partial charge on any atom is 0.114 e. The van der Waals surface area contributed by atoms with Crippen molar-refractivity contribution in [2.45, 2.75) is 18.6 Å². The summed E-state index contributed by atoms with van der Waals surface area (Å²) in [4.78, 5) is 4.60. The molecule has 1 aromatic rings. The Labute approximate surface area is 95.2 Å². The first-order valence-electron chi connectivity index (χ1n) is 5.79. The lowest BCUT2D eigenvalue weighted by Crippen LogP contribution is -2.69. The van der Waals surface area contributed by atoms with E-state index in [1.165, 1.54) is 0 Å². The Hall–Kier alpha value is -0.910. The van der Waals surface area contributed by atoms with Crippen molar-refractivity contribution in [3.63, 3.8) is 0 Å². The van der Waals surface area contributed by atoms with Gasteiger partial charge in [-0.25, -0.2) is 4.98 Å². The zero-order valence-corrected chi connectivity index (χ0v) is 9.79. The van der Waals surface area contributed by atoms with E-state index >= 15 is 0 Å². The Balaban J connectivity index is 1.91. The molecule has 2 aliphatic rings. The van der Waals surface area contributed by atoms with E-state index in [2.05, 4.69) is 26.4 Å². The fourth-order valence-electron chi connectivity index (χ4n) is 2.50. The Morgan fingerprint density at radius 3 is 2.94 bits per heavy atom. The van der Waals surface area contributed by atoms with Gasteiger partial charge in [-0.15, -0.1) is 0 Å². The third-order valence-corrected chi connectivity index (χ3v) is 3.64. The average Bonchev–Trinajstić information content (AvgIpc) is 2.57. The number of aromatic nitrogens is 2. The van der Waals surface area contributed by atoms with Crippen LogP contribution in [0.5, 0.6) is 0 Å². The van der Waals surface area contributed by atoms with Crippen LogP contribution in [0, 0.1) is 6.92 Å². The van der Waals surface area contributed by atoms with Crippen LogP contribution in [-0.4, -0.2) is 41.4 Å². The van der Waals surface area contributed by atoms with Gasteiger partial charge in [-0.2, -0.15) is 0 Å². The second-order valence-corrected chi connectivity index (χ2v) is 4.73. The quantitative estimate of drug-likeness (QED) is 0.687. The largest absolute Gasteiger partial charge is 0.369 e. The van der Waals surface area contributed by atoms with Gasteiger partial charge >= 0.3 is 0 Å². The zero-order chi connectivity index (χ0) is 11.2. The molecule has 1 aromatic heterocycles. The number of morpholine rings is 1. The number of hydrogen-bond donors (Lipinski definition) is 2. The van der Waals surface area contributed by atoms with Crippen LogP contribution < -0.4 is 10.6 Å². The van der Waals surface area contributed by atoms with E-state index in [-0.39, 0.29) is 11.6 Å². The van der Waals surface area contributed by atoms with Gasteiger partial charge < -0.3 is 19.9 Å². The van der Waals surface area contributed by atoms with Gasteiger partial charge in [0.15, 0.2) is 0 Å². The van der Waals surface area contributed by atoms with Gasteiger partial charge in [0.2, 0.25) is 0 Å². The lowest BCUT2D eigenvalue weighted by atomic mass is 9.85. The predicted molar refractivity (Wildman–Crippen MR) is 60.2 cm³/mol. The molecule has 1 atom stereocenters. The molecule has 2 saturated heterocycles. The van der Waals surface area contributed by atoms with E-state index in [0.29, 0.717) is 0 Å². The van der Waals surface area contributed by atoms with Crippen LogP contribution in [0.4, 0.5) is 0 Å². The van der Waals surface area contributed by atoms with Gasteiger partial charge in [-0.05, 0) is 6.92 Å². The second kappa shape index (κ2) is 3.55. The highest BCUT2D eigenvalue weighted by atomic mass is 16.5. The maximum absolute atomic E-state index is 5.94. The van der Waals surface area contributed by atoms with E-state index in [9.17, 15) is 0 Å². The lowest BCUT2D eigenvalue weighted by molar-refractivity contribution is -0.129. The highest BCUT2D eigenvalue weighted by Crippen LogP contribution is 2.34. The smallest absolute Gasteiger partial charge is 0.114 e. The van der Waals surface area contributed by atoms with Crippen LogP contribution in [0.3, 0.4) is 0 Å². The molecule has 0 saturated carbocycles. The molecular weight excluding hydrogens is 204 g/mol. The van der Waals surface area contributed by atoms with Crippen molar-refractivity contribution in [2.24, 2.45) is 7.05 Å². The van der Waals surface area contributed by atoms with Crippen LogP contribution >= 0.6 is 0 Å². The van der Waals surface area contributed by atoms with Crippen molar-refractivity contribution in [3.8, 4) is 0 Å². The van der Waals surface area contributed by atoms with Crippen molar-refractivity contribution < 1.29 is 4.74 Å². The Morgan fingerprint density at radius 1 is 1.56 bits per heavy atom. The van der Waals surface area contributed by atoms with Crippen LogP contribution in [0.2, 0.25) is 0 Å². The molecule has 5 nitrogen and oxygen atoms in total. The molecule has 0 amide bonds. The third-order valence-electron chi connectivity index (χ3n) is 3.64. The van der Waals surface area contributed by atoms with Gasteiger partial charge in [0.05, 0.1) is 18.3 Å². The molecule has 2 fully saturated rings. The molecule has 0 bridgehead atoms. The van der Waals surface area contributed by atoms with Crippen LogP contribution in [-0.2, 0) is 11.8 Å². The highest BCUT2D eigenvalue weighted by molar-refractivity contribution is 5.18. The summed E-state index contributed by atoms with van der Waals surface area (Å²) in [5, 5.41) is 6.82. The summed E-state index contributed by atoms with van der Waals surface area (Å²) in [6.45, 7) is 5.56. The van der Waals surface area contributed by atoms with Gasteiger partial charge in [0.1, 0.15) is 11.4 Å². The van der Waals surface area contributed by atoms with Gasteiger partial charge in [-0.1, -0.05) is 0 Å². The number of nitrogens with zero attached hydrogens (tertiary/aromatic N) is 2. The van der Waals surface area contributed by atoms with Gasteiger partial charge in [0.25, 0.3) is 0 Å². The summed E-state index contributed by atoms with van der Waals surface area (Å²) < 4.78 is 8.00. The molecule has 3 heterocycles. The first-order valence-corrected chi connectivity index (χ1v) is 5.79. The van der Waals surface area contributed by atoms with Crippen molar-refractivity contribution in [3.05, 3.63) is 17.7 Å². The van der Waals surface area contributed by atoms with Crippen LogP contribution in [0.1, 0.15) is 17.6 Å². The highest BCUT2D eigenvalue weighted by Gasteiger charge is 2.48. The number of hydrogen-bond acceptors (Lipinski definition) is 4. The minimum absolute atomic E-state index is 0.0704. The Kier molecular flexibility index (Phi) is 2.27. The van der Waals surface area contributed by atoms with E-state index in [0.717, 1.165) is 37.8 Å². The number of aryl methyl sites for hydroxylation is 2. The third kappa shape index (κ3) is 1.39. The van der Waals surface area contributed by atoms with Crippen molar-refractivity contribution in [1.29, 1.82) is 0 Å². The fraction of sp³-hybridized carbons (Fsp3) is 0.727. The summed E-state index contributed by atoms with van der Waals surface area (Å²) in [7, 11) is 2.03. The molecule has 5 heteroatoms. The van der Waals surface area contributed by atoms with E-state index in [1.807, 2.05) is 14.0 Å². The van der Waals surface area contributed by atoms with E-state index < -0.39 is 0 Å². The fourth-order valence-corrected chi connectivity index (χ4v) is 2.50. The molecule has 16 heavy (non-hydrogen) atoms. The first-order chi connectivity index (χ1) is 7.71. The number of rotatable bonds is 1.